The molecule has 8 heteroatoms. The highest BCUT2D eigenvalue weighted by Crippen LogP contribution is 2.26. The van der Waals surface area contributed by atoms with Crippen LogP contribution in [0.5, 0.6) is 0 Å². The third-order valence-corrected chi connectivity index (χ3v) is 6.93. The smallest absolute Gasteiger partial charge is 0.227 e. The van der Waals surface area contributed by atoms with Gasteiger partial charge >= 0.3 is 0 Å². The number of hydrogen-bond donors (Lipinski definition) is 0. The van der Waals surface area contributed by atoms with Gasteiger partial charge in [0.15, 0.2) is 5.13 Å². The Morgan fingerprint density at radius 3 is 2.74 bits per heavy atom. The van der Waals surface area contributed by atoms with Crippen molar-refractivity contribution in [2.75, 3.05) is 44.2 Å². The second kappa shape index (κ2) is 9.20. The summed E-state index contributed by atoms with van der Waals surface area (Å²) < 4.78 is 5.66. The number of amides is 1. The van der Waals surface area contributed by atoms with Crippen LogP contribution in [0.25, 0.3) is 11.5 Å². The van der Waals surface area contributed by atoms with E-state index in [1.807, 2.05) is 46.8 Å². The van der Waals surface area contributed by atoms with Crippen LogP contribution in [0.15, 0.2) is 52.6 Å². The number of piperidine rings is 1. The van der Waals surface area contributed by atoms with E-state index in [0.717, 1.165) is 75.0 Å². The van der Waals surface area contributed by atoms with E-state index in [1.54, 1.807) is 17.6 Å². The predicted octanol–water partition coefficient (Wildman–Crippen LogP) is 3.36. The number of thiazole rings is 1. The first-order valence-electron chi connectivity index (χ1n) is 10.9. The van der Waals surface area contributed by atoms with Crippen molar-refractivity contribution in [3.05, 3.63) is 53.9 Å². The highest BCUT2D eigenvalue weighted by atomic mass is 32.1. The van der Waals surface area contributed by atoms with Crippen LogP contribution in [-0.4, -0.2) is 64.9 Å². The first kappa shape index (κ1) is 20.2. The van der Waals surface area contributed by atoms with Crippen LogP contribution < -0.4 is 4.90 Å². The maximum Gasteiger partial charge on any atom is 0.227 e. The van der Waals surface area contributed by atoms with Crippen molar-refractivity contribution in [2.24, 2.45) is 5.92 Å². The molecule has 3 aromatic rings. The Kier molecular flexibility index (Phi) is 5.99. The van der Waals surface area contributed by atoms with E-state index < -0.39 is 0 Å². The molecular formula is C23H27N5O2S. The quantitative estimate of drug-likeness (QED) is 0.610. The van der Waals surface area contributed by atoms with E-state index in [1.165, 1.54) is 0 Å². The molecule has 2 saturated heterocycles. The molecule has 162 valence electrons. The molecule has 0 radical (unpaired) electrons. The second-order valence-corrected chi connectivity index (χ2v) is 9.08. The molecule has 31 heavy (non-hydrogen) atoms. The number of oxazole rings is 1. The summed E-state index contributed by atoms with van der Waals surface area (Å²) in [5, 5.41) is 3.03. The number of hydrogen-bond acceptors (Lipinski definition) is 7. The minimum absolute atomic E-state index is 0.0770. The van der Waals surface area contributed by atoms with E-state index >= 15 is 0 Å². The van der Waals surface area contributed by atoms with Gasteiger partial charge in [-0.1, -0.05) is 18.2 Å². The molecule has 2 aliphatic heterocycles. The van der Waals surface area contributed by atoms with E-state index in [0.29, 0.717) is 11.8 Å². The summed E-state index contributed by atoms with van der Waals surface area (Å²) in [6.07, 6.45) is 5.60. The minimum Gasteiger partial charge on any atom is -0.444 e. The monoisotopic (exact) mass is 437 g/mol. The van der Waals surface area contributed by atoms with Crippen LogP contribution in [0, 0.1) is 5.92 Å². The van der Waals surface area contributed by atoms with Crippen LogP contribution >= 0.6 is 11.3 Å². The summed E-state index contributed by atoms with van der Waals surface area (Å²) in [6.45, 7) is 5.80. The van der Waals surface area contributed by atoms with Gasteiger partial charge in [-0.2, -0.15) is 0 Å². The fourth-order valence-corrected chi connectivity index (χ4v) is 5.11. The van der Waals surface area contributed by atoms with E-state index in [-0.39, 0.29) is 5.92 Å². The van der Waals surface area contributed by atoms with Crippen molar-refractivity contribution in [3.8, 4) is 11.5 Å². The second-order valence-electron chi connectivity index (χ2n) is 8.21. The van der Waals surface area contributed by atoms with Crippen LogP contribution in [0.4, 0.5) is 5.13 Å². The van der Waals surface area contributed by atoms with E-state index in [2.05, 4.69) is 19.8 Å². The Morgan fingerprint density at radius 1 is 1.13 bits per heavy atom. The van der Waals surface area contributed by atoms with Gasteiger partial charge in [0, 0.05) is 63.0 Å². The molecule has 0 spiro atoms. The van der Waals surface area contributed by atoms with Gasteiger partial charge in [0.05, 0.1) is 11.6 Å². The molecule has 2 fully saturated rings. The number of piperazine rings is 1. The van der Waals surface area contributed by atoms with Gasteiger partial charge in [-0.05, 0) is 25.0 Å². The van der Waals surface area contributed by atoms with Gasteiger partial charge < -0.3 is 14.2 Å². The number of aromatic nitrogens is 2. The summed E-state index contributed by atoms with van der Waals surface area (Å²) >= 11 is 1.65. The predicted molar refractivity (Wildman–Crippen MR) is 121 cm³/mol. The highest BCUT2D eigenvalue weighted by Gasteiger charge is 2.31. The van der Waals surface area contributed by atoms with E-state index in [4.69, 9.17) is 4.42 Å². The molecule has 1 atom stereocenters. The number of nitrogens with zero attached hydrogens (tertiary/aromatic N) is 5. The summed E-state index contributed by atoms with van der Waals surface area (Å²) in [5.74, 6) is 1.04. The molecule has 0 aliphatic carbocycles. The molecule has 0 saturated carbocycles. The number of rotatable bonds is 5. The molecule has 1 aromatic carbocycles. The molecule has 2 aliphatic rings. The lowest BCUT2D eigenvalue weighted by Crippen LogP contribution is -2.52. The molecule has 0 bridgehead atoms. The third kappa shape index (κ3) is 4.65. The molecule has 7 nitrogen and oxygen atoms in total. The van der Waals surface area contributed by atoms with Crippen molar-refractivity contribution in [1.82, 2.24) is 19.8 Å². The largest absolute Gasteiger partial charge is 0.444 e. The van der Waals surface area contributed by atoms with Gasteiger partial charge in [0.2, 0.25) is 11.8 Å². The number of carbonyl (C=O) groups excluding carboxylic acids is 1. The van der Waals surface area contributed by atoms with Crippen molar-refractivity contribution in [1.29, 1.82) is 0 Å². The maximum absolute atomic E-state index is 13.1. The Bertz CT molecular complexity index is 983. The molecule has 1 unspecified atom stereocenters. The zero-order valence-corrected chi connectivity index (χ0v) is 18.3. The fraction of sp³-hybridized carbons (Fsp3) is 0.435. The lowest BCUT2D eigenvalue weighted by Gasteiger charge is -2.38. The first-order chi connectivity index (χ1) is 15.3. The zero-order valence-electron chi connectivity index (χ0n) is 17.5. The Balaban J connectivity index is 1.13. The zero-order chi connectivity index (χ0) is 21.0. The van der Waals surface area contributed by atoms with Gasteiger partial charge in [-0.25, -0.2) is 9.97 Å². The summed E-state index contributed by atoms with van der Waals surface area (Å²) in [4.78, 5) is 28.8. The van der Waals surface area contributed by atoms with Gasteiger partial charge in [0.1, 0.15) is 6.26 Å². The topological polar surface area (TPSA) is 65.7 Å². The van der Waals surface area contributed by atoms with Crippen LogP contribution in [-0.2, 0) is 11.3 Å². The van der Waals surface area contributed by atoms with Crippen molar-refractivity contribution in [2.45, 2.75) is 19.4 Å². The van der Waals surface area contributed by atoms with Gasteiger partial charge in [-0.3, -0.25) is 9.69 Å². The van der Waals surface area contributed by atoms with Gasteiger partial charge in [0.25, 0.3) is 0 Å². The van der Waals surface area contributed by atoms with Crippen molar-refractivity contribution in [3.63, 3.8) is 0 Å². The lowest BCUT2D eigenvalue weighted by molar-refractivity contribution is -0.137. The van der Waals surface area contributed by atoms with Crippen molar-refractivity contribution >= 4 is 22.4 Å². The lowest BCUT2D eigenvalue weighted by atomic mass is 9.96. The molecule has 5 rings (SSSR count). The van der Waals surface area contributed by atoms with Crippen LogP contribution in [0.1, 0.15) is 18.5 Å². The maximum atomic E-state index is 13.1. The Hall–Kier alpha value is -2.71. The Labute approximate surface area is 186 Å². The summed E-state index contributed by atoms with van der Waals surface area (Å²) in [5.41, 5.74) is 1.92. The minimum atomic E-state index is 0.0770. The van der Waals surface area contributed by atoms with Crippen LogP contribution in [0.3, 0.4) is 0 Å². The molecule has 4 heterocycles. The third-order valence-electron chi connectivity index (χ3n) is 6.10. The SMILES string of the molecule is O=C(C1CCCN(c2nccs2)C1)N1CCN(Cc2coc(-c3ccccc3)n2)CC1. The number of carbonyl (C=O) groups is 1. The normalized spacial score (nSPS) is 20.2. The molecule has 2 aromatic heterocycles. The highest BCUT2D eigenvalue weighted by molar-refractivity contribution is 7.13. The number of benzene rings is 1. The van der Waals surface area contributed by atoms with Crippen LogP contribution in [0.2, 0.25) is 0 Å². The van der Waals surface area contributed by atoms with E-state index in [9.17, 15) is 4.79 Å². The fourth-order valence-electron chi connectivity index (χ4n) is 4.43. The summed E-state index contributed by atoms with van der Waals surface area (Å²) in [7, 11) is 0. The van der Waals surface area contributed by atoms with Gasteiger partial charge in [-0.15, -0.1) is 11.3 Å². The standard InChI is InChI=1S/C23H27N5O2S/c29-22(19-7-4-9-28(15-19)23-24-8-14-31-23)27-12-10-26(11-13-27)16-20-17-30-21(25-20)18-5-2-1-3-6-18/h1-3,5-6,8,14,17,19H,4,7,9-13,15-16H2. The molecule has 0 N–H and O–H groups in total. The average Bonchev–Trinajstić information content (AvgIpc) is 3.53. The van der Waals surface area contributed by atoms with Crippen molar-refractivity contribution < 1.29 is 9.21 Å². The average molecular weight is 438 g/mol. The first-order valence-corrected chi connectivity index (χ1v) is 11.8. The molecule has 1 amide bonds. The Morgan fingerprint density at radius 2 is 1.97 bits per heavy atom. The number of anilines is 1. The molecular weight excluding hydrogens is 410 g/mol. The summed E-state index contributed by atoms with van der Waals surface area (Å²) in [6, 6.07) is 9.95.